The van der Waals surface area contributed by atoms with Gasteiger partial charge in [-0.05, 0) is 19.8 Å². The molecule has 2 saturated heterocycles. The van der Waals surface area contributed by atoms with Crippen LogP contribution in [0, 0.1) is 0 Å². The van der Waals surface area contributed by atoms with Gasteiger partial charge in [0, 0.05) is 26.2 Å². The van der Waals surface area contributed by atoms with Crippen LogP contribution in [0.1, 0.15) is 39.0 Å². The zero-order valence-electron chi connectivity index (χ0n) is 11.6. The minimum Gasteiger partial charge on any atom is -0.376 e. The molecule has 1 atom stereocenters. The Bertz CT molecular complexity index is 263. The summed E-state index contributed by atoms with van der Waals surface area (Å²) in [6.07, 6.45) is 6.50. The molecule has 1 amide bonds. The van der Waals surface area contributed by atoms with E-state index in [1.807, 2.05) is 0 Å². The first kappa shape index (κ1) is 13.8. The van der Waals surface area contributed by atoms with Gasteiger partial charge in [-0.2, -0.15) is 0 Å². The van der Waals surface area contributed by atoms with Crippen LogP contribution in [0.15, 0.2) is 0 Å². The number of nitrogens with zero attached hydrogens (tertiary/aromatic N) is 2. The fourth-order valence-corrected chi connectivity index (χ4v) is 2.82. The molecule has 0 spiro atoms. The highest BCUT2D eigenvalue weighted by Gasteiger charge is 2.22. The molecule has 0 N–H and O–H groups in total. The van der Waals surface area contributed by atoms with E-state index in [1.165, 1.54) is 32.1 Å². The zero-order valence-corrected chi connectivity index (χ0v) is 11.6. The quantitative estimate of drug-likeness (QED) is 0.748. The summed E-state index contributed by atoms with van der Waals surface area (Å²) in [6, 6.07) is 0. The van der Waals surface area contributed by atoms with Gasteiger partial charge in [-0.15, -0.1) is 0 Å². The lowest BCUT2D eigenvalue weighted by atomic mass is 10.1. The van der Waals surface area contributed by atoms with Gasteiger partial charge in [-0.3, -0.25) is 9.69 Å². The third kappa shape index (κ3) is 4.25. The SMILES string of the molecule is CC1CN(CC(=O)N2CCCCCCC2)CCO1. The van der Waals surface area contributed by atoms with E-state index in [-0.39, 0.29) is 6.10 Å². The molecular weight excluding hydrogens is 228 g/mol. The minimum absolute atomic E-state index is 0.263. The third-order valence-electron chi connectivity index (χ3n) is 3.89. The number of carbonyl (C=O) groups excluding carboxylic acids is 1. The minimum atomic E-state index is 0.263. The van der Waals surface area contributed by atoms with Crippen molar-refractivity contribution in [2.45, 2.75) is 45.1 Å². The molecule has 2 aliphatic heterocycles. The van der Waals surface area contributed by atoms with Gasteiger partial charge in [0.1, 0.15) is 0 Å². The average molecular weight is 254 g/mol. The molecule has 2 heterocycles. The zero-order chi connectivity index (χ0) is 12.8. The van der Waals surface area contributed by atoms with E-state index in [1.54, 1.807) is 0 Å². The van der Waals surface area contributed by atoms with Crippen molar-refractivity contribution in [3.05, 3.63) is 0 Å². The lowest BCUT2D eigenvalue weighted by Gasteiger charge is -2.33. The molecule has 0 radical (unpaired) electrons. The molecule has 0 saturated carbocycles. The summed E-state index contributed by atoms with van der Waals surface area (Å²) in [5, 5.41) is 0. The monoisotopic (exact) mass is 254 g/mol. The van der Waals surface area contributed by atoms with Crippen LogP contribution in [0.3, 0.4) is 0 Å². The summed E-state index contributed by atoms with van der Waals surface area (Å²) in [7, 11) is 0. The number of carbonyl (C=O) groups is 1. The second-order valence-electron chi connectivity index (χ2n) is 5.57. The molecule has 104 valence electrons. The number of hydrogen-bond donors (Lipinski definition) is 0. The predicted molar refractivity (Wildman–Crippen MR) is 71.5 cm³/mol. The van der Waals surface area contributed by atoms with Crippen molar-refractivity contribution in [2.75, 3.05) is 39.3 Å². The lowest BCUT2D eigenvalue weighted by Crippen LogP contribution is -2.47. The number of hydrogen-bond acceptors (Lipinski definition) is 3. The van der Waals surface area contributed by atoms with Gasteiger partial charge < -0.3 is 9.64 Å². The maximum Gasteiger partial charge on any atom is 0.236 e. The Balaban J connectivity index is 1.78. The van der Waals surface area contributed by atoms with E-state index in [2.05, 4.69) is 16.7 Å². The normalized spacial score (nSPS) is 27.6. The molecule has 0 aromatic carbocycles. The van der Waals surface area contributed by atoms with E-state index >= 15 is 0 Å². The fourth-order valence-electron chi connectivity index (χ4n) is 2.82. The maximum absolute atomic E-state index is 12.3. The van der Waals surface area contributed by atoms with Gasteiger partial charge in [-0.1, -0.05) is 19.3 Å². The molecule has 18 heavy (non-hydrogen) atoms. The highest BCUT2D eigenvalue weighted by molar-refractivity contribution is 5.78. The second kappa shape index (κ2) is 7.10. The highest BCUT2D eigenvalue weighted by Crippen LogP contribution is 2.11. The van der Waals surface area contributed by atoms with Crippen LogP contribution < -0.4 is 0 Å². The number of amides is 1. The first-order valence-electron chi connectivity index (χ1n) is 7.37. The largest absolute Gasteiger partial charge is 0.376 e. The van der Waals surface area contributed by atoms with Crippen LogP contribution in [0.25, 0.3) is 0 Å². The van der Waals surface area contributed by atoms with Crippen LogP contribution in [-0.4, -0.2) is 61.1 Å². The van der Waals surface area contributed by atoms with Crippen molar-refractivity contribution in [2.24, 2.45) is 0 Å². The number of likely N-dealkylation sites (tertiary alicyclic amines) is 1. The molecule has 0 aromatic heterocycles. The van der Waals surface area contributed by atoms with Gasteiger partial charge in [0.05, 0.1) is 19.3 Å². The smallest absolute Gasteiger partial charge is 0.236 e. The Morgan fingerprint density at radius 2 is 1.78 bits per heavy atom. The summed E-state index contributed by atoms with van der Waals surface area (Å²) in [5.41, 5.74) is 0. The van der Waals surface area contributed by atoms with Crippen molar-refractivity contribution in [3.63, 3.8) is 0 Å². The first-order chi connectivity index (χ1) is 8.75. The molecule has 0 bridgehead atoms. The van der Waals surface area contributed by atoms with E-state index in [0.717, 1.165) is 32.8 Å². The van der Waals surface area contributed by atoms with Crippen LogP contribution in [0.2, 0.25) is 0 Å². The number of rotatable bonds is 2. The van der Waals surface area contributed by atoms with Crippen molar-refractivity contribution in [3.8, 4) is 0 Å². The molecule has 4 heteroatoms. The fraction of sp³-hybridized carbons (Fsp3) is 0.929. The topological polar surface area (TPSA) is 32.8 Å². The molecular formula is C14H26N2O2. The molecule has 2 aliphatic rings. The Hall–Kier alpha value is -0.610. The van der Waals surface area contributed by atoms with Gasteiger partial charge in [0.2, 0.25) is 5.91 Å². The standard InChI is InChI=1S/C14H26N2O2/c1-13-11-15(9-10-18-13)12-14(17)16-7-5-3-2-4-6-8-16/h13H,2-12H2,1H3. The Kier molecular flexibility index (Phi) is 5.45. The molecule has 2 rings (SSSR count). The van der Waals surface area contributed by atoms with Crippen LogP contribution in [0.4, 0.5) is 0 Å². The molecule has 2 fully saturated rings. The van der Waals surface area contributed by atoms with E-state index in [9.17, 15) is 4.79 Å². The summed E-state index contributed by atoms with van der Waals surface area (Å²) in [5.74, 6) is 0.311. The number of morpholine rings is 1. The first-order valence-corrected chi connectivity index (χ1v) is 7.37. The van der Waals surface area contributed by atoms with E-state index < -0.39 is 0 Å². The van der Waals surface area contributed by atoms with Crippen molar-refractivity contribution >= 4 is 5.91 Å². The predicted octanol–water partition coefficient (Wildman–Crippen LogP) is 1.50. The highest BCUT2D eigenvalue weighted by atomic mass is 16.5. The molecule has 4 nitrogen and oxygen atoms in total. The molecule has 1 unspecified atom stereocenters. The van der Waals surface area contributed by atoms with Crippen LogP contribution in [0.5, 0.6) is 0 Å². The summed E-state index contributed by atoms with van der Waals surface area (Å²) in [4.78, 5) is 16.6. The van der Waals surface area contributed by atoms with Crippen molar-refractivity contribution in [1.29, 1.82) is 0 Å². The lowest BCUT2D eigenvalue weighted by molar-refractivity contribution is -0.134. The third-order valence-corrected chi connectivity index (χ3v) is 3.89. The van der Waals surface area contributed by atoms with Gasteiger partial charge in [0.15, 0.2) is 0 Å². The summed E-state index contributed by atoms with van der Waals surface area (Å²) < 4.78 is 5.51. The summed E-state index contributed by atoms with van der Waals surface area (Å²) in [6.45, 7) is 7.11. The maximum atomic E-state index is 12.3. The van der Waals surface area contributed by atoms with Gasteiger partial charge >= 0.3 is 0 Å². The Morgan fingerprint density at radius 1 is 1.11 bits per heavy atom. The van der Waals surface area contributed by atoms with Crippen LogP contribution in [-0.2, 0) is 9.53 Å². The Labute approximate surface area is 110 Å². The molecule has 0 aliphatic carbocycles. The average Bonchev–Trinajstić information content (AvgIpc) is 2.28. The van der Waals surface area contributed by atoms with Crippen LogP contribution >= 0.6 is 0 Å². The Morgan fingerprint density at radius 3 is 2.44 bits per heavy atom. The van der Waals surface area contributed by atoms with Gasteiger partial charge in [0.25, 0.3) is 0 Å². The molecule has 0 aromatic rings. The van der Waals surface area contributed by atoms with E-state index in [4.69, 9.17) is 4.74 Å². The van der Waals surface area contributed by atoms with Gasteiger partial charge in [-0.25, -0.2) is 0 Å². The van der Waals surface area contributed by atoms with E-state index in [0.29, 0.717) is 12.5 Å². The summed E-state index contributed by atoms with van der Waals surface area (Å²) >= 11 is 0. The van der Waals surface area contributed by atoms with Crippen molar-refractivity contribution < 1.29 is 9.53 Å². The van der Waals surface area contributed by atoms with Crippen molar-refractivity contribution in [1.82, 2.24) is 9.80 Å². The number of ether oxygens (including phenoxy) is 1. The second-order valence-corrected chi connectivity index (χ2v) is 5.57.